The minimum atomic E-state index is -0.186. The Labute approximate surface area is 124 Å². The molecule has 0 spiro atoms. The standard InChI is InChI=1S/C17H17NO3/c1-13-9-10-16(21-13)17(20)18(2)12-15-7-4-3-6-14(15)8-5-11-19/h3-4,6-7,9-10,19H,11-12H2,1-2H3. The number of hydrogen-bond acceptors (Lipinski definition) is 3. The number of aliphatic hydroxyl groups is 1. The van der Waals surface area contributed by atoms with Crippen LogP contribution in [0.1, 0.15) is 27.4 Å². The summed E-state index contributed by atoms with van der Waals surface area (Å²) in [6, 6.07) is 11.0. The zero-order valence-electron chi connectivity index (χ0n) is 12.1. The van der Waals surface area contributed by atoms with E-state index < -0.39 is 0 Å². The van der Waals surface area contributed by atoms with Crippen LogP contribution in [-0.4, -0.2) is 29.6 Å². The predicted molar refractivity (Wildman–Crippen MR) is 79.6 cm³/mol. The van der Waals surface area contributed by atoms with Crippen LogP contribution >= 0.6 is 0 Å². The maximum Gasteiger partial charge on any atom is 0.289 e. The van der Waals surface area contributed by atoms with E-state index in [1.807, 2.05) is 24.3 Å². The average molecular weight is 283 g/mol. The molecule has 0 saturated heterocycles. The highest BCUT2D eigenvalue weighted by atomic mass is 16.3. The molecule has 0 fully saturated rings. The van der Waals surface area contributed by atoms with Gasteiger partial charge in [-0.05, 0) is 30.7 Å². The molecule has 1 aromatic heterocycles. The number of rotatable bonds is 3. The summed E-state index contributed by atoms with van der Waals surface area (Å²) in [5.41, 5.74) is 1.74. The Bertz CT molecular complexity index is 691. The molecule has 0 aliphatic rings. The van der Waals surface area contributed by atoms with Crippen molar-refractivity contribution in [2.24, 2.45) is 0 Å². The molecule has 4 nitrogen and oxygen atoms in total. The average Bonchev–Trinajstić information content (AvgIpc) is 2.92. The van der Waals surface area contributed by atoms with E-state index in [1.165, 1.54) is 0 Å². The molecule has 0 unspecified atom stereocenters. The SMILES string of the molecule is Cc1ccc(C(=O)N(C)Cc2ccccc2C#CCO)o1. The number of hydrogen-bond donors (Lipinski definition) is 1. The van der Waals surface area contributed by atoms with Crippen LogP contribution in [0.3, 0.4) is 0 Å². The van der Waals surface area contributed by atoms with Crippen LogP contribution in [0, 0.1) is 18.8 Å². The fourth-order valence-electron chi connectivity index (χ4n) is 1.98. The molecule has 0 atom stereocenters. The van der Waals surface area contributed by atoms with Crippen LogP contribution < -0.4 is 0 Å². The second-order valence-corrected chi connectivity index (χ2v) is 4.69. The second kappa shape index (κ2) is 6.78. The molecule has 1 heterocycles. The van der Waals surface area contributed by atoms with Gasteiger partial charge >= 0.3 is 0 Å². The summed E-state index contributed by atoms with van der Waals surface area (Å²) in [6.07, 6.45) is 0. The Kier molecular flexibility index (Phi) is 4.81. The van der Waals surface area contributed by atoms with Crippen molar-refractivity contribution in [1.82, 2.24) is 4.90 Å². The van der Waals surface area contributed by atoms with E-state index in [2.05, 4.69) is 11.8 Å². The van der Waals surface area contributed by atoms with E-state index in [4.69, 9.17) is 9.52 Å². The number of nitrogens with zero attached hydrogens (tertiary/aromatic N) is 1. The highest BCUT2D eigenvalue weighted by molar-refractivity contribution is 5.91. The van der Waals surface area contributed by atoms with E-state index in [1.54, 1.807) is 31.0 Å². The van der Waals surface area contributed by atoms with Gasteiger partial charge in [0.15, 0.2) is 5.76 Å². The van der Waals surface area contributed by atoms with Crippen molar-refractivity contribution in [3.63, 3.8) is 0 Å². The normalized spacial score (nSPS) is 9.86. The van der Waals surface area contributed by atoms with E-state index in [9.17, 15) is 4.79 Å². The first-order chi connectivity index (χ1) is 10.1. The molecule has 1 N–H and O–H groups in total. The number of aryl methyl sites for hydroxylation is 1. The van der Waals surface area contributed by atoms with Gasteiger partial charge in [-0.25, -0.2) is 0 Å². The molecule has 0 aliphatic carbocycles. The van der Waals surface area contributed by atoms with E-state index in [-0.39, 0.29) is 12.5 Å². The van der Waals surface area contributed by atoms with Crippen LogP contribution in [0.25, 0.3) is 0 Å². The first-order valence-corrected chi connectivity index (χ1v) is 6.61. The van der Waals surface area contributed by atoms with Crippen molar-refractivity contribution in [2.75, 3.05) is 13.7 Å². The first kappa shape index (κ1) is 14.9. The molecular weight excluding hydrogens is 266 g/mol. The smallest absolute Gasteiger partial charge is 0.289 e. The van der Waals surface area contributed by atoms with Crippen LogP contribution in [-0.2, 0) is 6.54 Å². The molecule has 0 radical (unpaired) electrons. The molecule has 1 aromatic carbocycles. The van der Waals surface area contributed by atoms with E-state index in [0.717, 1.165) is 11.1 Å². The van der Waals surface area contributed by atoms with Gasteiger partial charge in [-0.2, -0.15) is 0 Å². The van der Waals surface area contributed by atoms with Crippen molar-refractivity contribution < 1.29 is 14.3 Å². The highest BCUT2D eigenvalue weighted by Gasteiger charge is 2.16. The van der Waals surface area contributed by atoms with Gasteiger partial charge in [0.2, 0.25) is 0 Å². The molecule has 2 aromatic rings. The van der Waals surface area contributed by atoms with Crippen molar-refractivity contribution >= 4 is 5.91 Å². The van der Waals surface area contributed by atoms with Gasteiger partial charge in [0.05, 0.1) is 0 Å². The van der Waals surface area contributed by atoms with Crippen LogP contribution in [0.2, 0.25) is 0 Å². The maximum absolute atomic E-state index is 12.2. The number of amides is 1. The summed E-state index contributed by atoms with van der Waals surface area (Å²) in [5.74, 6) is 6.38. The van der Waals surface area contributed by atoms with Gasteiger partial charge in [-0.3, -0.25) is 4.79 Å². The van der Waals surface area contributed by atoms with Crippen LogP contribution in [0.4, 0.5) is 0 Å². The Morgan fingerprint density at radius 1 is 1.29 bits per heavy atom. The largest absolute Gasteiger partial charge is 0.456 e. The fourth-order valence-corrected chi connectivity index (χ4v) is 1.98. The van der Waals surface area contributed by atoms with Gasteiger partial charge in [-0.1, -0.05) is 30.0 Å². The molecule has 0 saturated carbocycles. The number of furan rings is 1. The third kappa shape index (κ3) is 3.74. The van der Waals surface area contributed by atoms with Crippen LogP contribution in [0.5, 0.6) is 0 Å². The fraction of sp³-hybridized carbons (Fsp3) is 0.235. The molecule has 108 valence electrons. The third-order valence-electron chi connectivity index (χ3n) is 3.02. The lowest BCUT2D eigenvalue weighted by atomic mass is 10.1. The number of benzene rings is 1. The summed E-state index contributed by atoms with van der Waals surface area (Å²) >= 11 is 0. The minimum absolute atomic E-state index is 0.173. The second-order valence-electron chi connectivity index (χ2n) is 4.69. The number of carbonyl (C=O) groups is 1. The zero-order valence-corrected chi connectivity index (χ0v) is 12.1. The van der Waals surface area contributed by atoms with Crippen molar-refractivity contribution in [1.29, 1.82) is 0 Å². The molecule has 0 bridgehead atoms. The first-order valence-electron chi connectivity index (χ1n) is 6.61. The Morgan fingerprint density at radius 3 is 2.71 bits per heavy atom. The third-order valence-corrected chi connectivity index (χ3v) is 3.02. The highest BCUT2D eigenvalue weighted by Crippen LogP contribution is 2.14. The molecule has 2 rings (SSSR count). The van der Waals surface area contributed by atoms with Crippen molar-refractivity contribution in [2.45, 2.75) is 13.5 Å². The zero-order chi connectivity index (χ0) is 15.2. The van der Waals surface area contributed by atoms with Gasteiger partial charge in [0, 0.05) is 19.2 Å². The van der Waals surface area contributed by atoms with Gasteiger partial charge < -0.3 is 14.4 Å². The van der Waals surface area contributed by atoms with E-state index >= 15 is 0 Å². The molecule has 21 heavy (non-hydrogen) atoms. The van der Waals surface area contributed by atoms with Crippen molar-refractivity contribution in [3.05, 3.63) is 59.0 Å². The lowest BCUT2D eigenvalue weighted by molar-refractivity contribution is 0.0752. The predicted octanol–water partition coefficient (Wildman–Crippen LogP) is 2.20. The monoisotopic (exact) mass is 283 g/mol. The van der Waals surface area contributed by atoms with Crippen LogP contribution in [0.15, 0.2) is 40.8 Å². The molecular formula is C17H17NO3. The quantitative estimate of drug-likeness (QED) is 0.879. The molecule has 1 amide bonds. The van der Waals surface area contributed by atoms with Crippen molar-refractivity contribution in [3.8, 4) is 11.8 Å². The van der Waals surface area contributed by atoms with Gasteiger partial charge in [0.1, 0.15) is 12.4 Å². The minimum Gasteiger partial charge on any atom is -0.456 e. The lowest BCUT2D eigenvalue weighted by Crippen LogP contribution is -2.26. The summed E-state index contributed by atoms with van der Waals surface area (Å²) < 4.78 is 5.35. The maximum atomic E-state index is 12.2. The Morgan fingerprint density at radius 2 is 2.05 bits per heavy atom. The Hall–Kier alpha value is -2.51. The number of carbonyl (C=O) groups excluding carboxylic acids is 1. The van der Waals surface area contributed by atoms with Gasteiger partial charge in [-0.15, -0.1) is 0 Å². The molecule has 0 aliphatic heterocycles. The molecule has 4 heteroatoms. The lowest BCUT2D eigenvalue weighted by Gasteiger charge is -2.16. The number of aliphatic hydroxyl groups excluding tert-OH is 1. The van der Waals surface area contributed by atoms with E-state index in [0.29, 0.717) is 18.1 Å². The summed E-state index contributed by atoms with van der Waals surface area (Å²) in [4.78, 5) is 13.8. The summed E-state index contributed by atoms with van der Waals surface area (Å²) in [6.45, 7) is 2.04. The summed E-state index contributed by atoms with van der Waals surface area (Å²) in [7, 11) is 1.72. The topological polar surface area (TPSA) is 53.7 Å². The summed E-state index contributed by atoms with van der Waals surface area (Å²) in [5, 5.41) is 8.79. The Balaban J connectivity index is 2.16. The van der Waals surface area contributed by atoms with Gasteiger partial charge in [0.25, 0.3) is 5.91 Å².